The topological polar surface area (TPSA) is 117 Å². The van der Waals surface area contributed by atoms with E-state index >= 15 is 0 Å². The molecule has 0 spiro atoms. The predicted octanol–water partition coefficient (Wildman–Crippen LogP) is 6.84. The van der Waals surface area contributed by atoms with Gasteiger partial charge < -0.3 is 9.47 Å². The zero-order valence-electron chi connectivity index (χ0n) is 17.6. The first-order valence-corrected chi connectivity index (χ1v) is 10.1. The molecule has 168 valence electrons. The van der Waals surface area contributed by atoms with Crippen LogP contribution in [0.2, 0.25) is 0 Å². The van der Waals surface area contributed by atoms with Gasteiger partial charge in [0.15, 0.2) is 0 Å². The van der Waals surface area contributed by atoms with Gasteiger partial charge in [-0.05, 0) is 72.3 Å². The molecule has 0 fully saturated rings. The third kappa shape index (κ3) is 5.60. The van der Waals surface area contributed by atoms with E-state index in [4.69, 9.17) is 9.47 Å². The second-order valence-corrected chi connectivity index (χ2v) is 7.00. The van der Waals surface area contributed by atoms with Crippen molar-refractivity contribution >= 4 is 23.3 Å². The van der Waals surface area contributed by atoms with Crippen LogP contribution in [-0.4, -0.2) is 16.1 Å². The van der Waals surface area contributed by atoms with Crippen LogP contribution in [0.25, 0.3) is 0 Å². The summed E-state index contributed by atoms with van der Waals surface area (Å²) in [5, 5.41) is 22.1. The van der Waals surface area contributed by atoms with E-state index in [1.807, 2.05) is 54.6 Å². The molecule has 0 atom stereocenters. The lowest BCUT2D eigenvalue weighted by atomic mass is 10.2. The lowest BCUT2D eigenvalue weighted by Crippen LogP contribution is -1.96. The smallest absolute Gasteiger partial charge is 0.318 e. The fraction of sp³-hybridized carbons (Fsp3) is 0. The molecule has 0 unspecified atom stereocenters. The maximum Gasteiger partial charge on any atom is 0.318 e. The lowest BCUT2D eigenvalue weighted by Gasteiger charge is -2.06. The highest BCUT2D eigenvalue weighted by Crippen LogP contribution is 2.34. The number of non-ortho nitro benzene ring substituents is 1. The van der Waals surface area contributed by atoms with Gasteiger partial charge in [-0.15, -0.1) is 0 Å². The summed E-state index contributed by atoms with van der Waals surface area (Å²) >= 11 is 0. The maximum atomic E-state index is 11.3. The molecule has 4 aromatic rings. The number of nitro benzene ring substituents is 2. The van der Waals surface area contributed by atoms with Crippen LogP contribution in [0.5, 0.6) is 23.0 Å². The summed E-state index contributed by atoms with van der Waals surface area (Å²) in [6.07, 6.45) is 1.67. The minimum Gasteiger partial charge on any atom is -0.457 e. The minimum atomic E-state index is -0.723. The van der Waals surface area contributed by atoms with E-state index < -0.39 is 15.5 Å². The Morgan fingerprint density at radius 1 is 0.676 bits per heavy atom. The monoisotopic (exact) mass is 455 g/mol. The molecular weight excluding hydrogens is 438 g/mol. The number of hydrogen-bond donors (Lipinski definition) is 0. The molecule has 0 saturated heterocycles. The molecule has 0 aliphatic heterocycles. The summed E-state index contributed by atoms with van der Waals surface area (Å²) in [7, 11) is 0. The van der Waals surface area contributed by atoms with E-state index in [9.17, 15) is 20.2 Å². The molecular formula is C25H17N3O6. The van der Waals surface area contributed by atoms with Gasteiger partial charge in [-0.1, -0.05) is 18.2 Å². The van der Waals surface area contributed by atoms with Gasteiger partial charge in [0.25, 0.3) is 5.69 Å². The third-order valence-corrected chi connectivity index (χ3v) is 4.64. The van der Waals surface area contributed by atoms with Crippen LogP contribution in [-0.2, 0) is 0 Å². The number of hydrogen-bond acceptors (Lipinski definition) is 7. The van der Waals surface area contributed by atoms with Gasteiger partial charge >= 0.3 is 5.69 Å². The van der Waals surface area contributed by atoms with Crippen molar-refractivity contribution in [2.24, 2.45) is 4.99 Å². The molecule has 0 saturated carbocycles. The molecule has 0 aliphatic rings. The molecule has 0 aliphatic carbocycles. The minimum absolute atomic E-state index is 0.0881. The van der Waals surface area contributed by atoms with Crippen molar-refractivity contribution < 1.29 is 19.3 Å². The van der Waals surface area contributed by atoms with Crippen molar-refractivity contribution in [2.75, 3.05) is 0 Å². The molecule has 0 N–H and O–H groups in total. The van der Waals surface area contributed by atoms with Crippen LogP contribution in [0.1, 0.15) is 5.56 Å². The number of nitrogens with zero attached hydrogens (tertiary/aromatic N) is 3. The highest BCUT2D eigenvalue weighted by molar-refractivity contribution is 5.82. The fourth-order valence-corrected chi connectivity index (χ4v) is 2.97. The summed E-state index contributed by atoms with van der Waals surface area (Å²) in [4.78, 5) is 25.1. The Kier molecular flexibility index (Phi) is 6.55. The molecule has 0 bridgehead atoms. The van der Waals surface area contributed by atoms with E-state index in [0.717, 1.165) is 29.1 Å². The molecule has 0 aromatic heterocycles. The second kappa shape index (κ2) is 10.0. The lowest BCUT2D eigenvalue weighted by molar-refractivity contribution is -0.394. The van der Waals surface area contributed by atoms with E-state index in [1.54, 1.807) is 30.5 Å². The summed E-state index contributed by atoms with van der Waals surface area (Å²) in [5.74, 6) is 1.71. The number of ether oxygens (including phenoxy) is 2. The van der Waals surface area contributed by atoms with Gasteiger partial charge in [0, 0.05) is 12.3 Å². The van der Waals surface area contributed by atoms with Crippen LogP contribution >= 0.6 is 0 Å². The average Bonchev–Trinajstić information content (AvgIpc) is 2.85. The summed E-state index contributed by atoms with van der Waals surface area (Å²) < 4.78 is 11.3. The first-order valence-electron chi connectivity index (χ1n) is 10.1. The predicted molar refractivity (Wildman–Crippen MR) is 126 cm³/mol. The van der Waals surface area contributed by atoms with Crippen molar-refractivity contribution in [2.45, 2.75) is 0 Å². The molecule has 4 aromatic carbocycles. The van der Waals surface area contributed by atoms with Crippen molar-refractivity contribution in [1.29, 1.82) is 0 Å². The van der Waals surface area contributed by atoms with Gasteiger partial charge in [0.2, 0.25) is 5.75 Å². The van der Waals surface area contributed by atoms with Crippen LogP contribution in [0.3, 0.4) is 0 Å². The summed E-state index contributed by atoms with van der Waals surface area (Å²) in [6, 6.07) is 26.7. The van der Waals surface area contributed by atoms with Crippen LogP contribution in [0.4, 0.5) is 17.1 Å². The molecule has 9 nitrogen and oxygen atoms in total. The zero-order valence-corrected chi connectivity index (χ0v) is 17.6. The number of rotatable bonds is 8. The van der Waals surface area contributed by atoms with E-state index in [0.29, 0.717) is 11.5 Å². The van der Waals surface area contributed by atoms with Crippen molar-refractivity contribution in [3.8, 4) is 23.0 Å². The van der Waals surface area contributed by atoms with Gasteiger partial charge in [-0.25, -0.2) is 0 Å². The van der Waals surface area contributed by atoms with Crippen LogP contribution in [0, 0.1) is 20.2 Å². The summed E-state index contributed by atoms with van der Waals surface area (Å²) in [5.41, 5.74) is 0.655. The van der Waals surface area contributed by atoms with Crippen molar-refractivity contribution in [3.63, 3.8) is 0 Å². The van der Waals surface area contributed by atoms with E-state index in [2.05, 4.69) is 4.99 Å². The highest BCUT2D eigenvalue weighted by atomic mass is 16.6. The SMILES string of the molecule is O=[N+]([O-])c1ccc(Oc2ccc(C=Nc3ccc(Oc4ccccc4)cc3)cc2)c([N+](=O)[O-])c1. The van der Waals surface area contributed by atoms with Gasteiger partial charge in [-0.2, -0.15) is 0 Å². The third-order valence-electron chi connectivity index (χ3n) is 4.64. The average molecular weight is 455 g/mol. The van der Waals surface area contributed by atoms with Gasteiger partial charge in [0.05, 0.1) is 21.6 Å². The Labute approximate surface area is 193 Å². The first-order chi connectivity index (χ1) is 16.5. The first kappa shape index (κ1) is 22.2. The molecule has 9 heteroatoms. The molecule has 0 radical (unpaired) electrons. The van der Waals surface area contributed by atoms with Crippen molar-refractivity contribution in [3.05, 3.63) is 123 Å². The fourth-order valence-electron chi connectivity index (χ4n) is 2.97. The van der Waals surface area contributed by atoms with E-state index in [-0.39, 0.29) is 11.4 Å². The molecule has 34 heavy (non-hydrogen) atoms. The van der Waals surface area contributed by atoms with Gasteiger partial charge in [0.1, 0.15) is 17.2 Å². The normalized spacial score (nSPS) is 10.7. The zero-order chi connectivity index (χ0) is 23.9. The molecule has 0 heterocycles. The number of nitro groups is 2. The number of para-hydroxylation sites is 1. The van der Waals surface area contributed by atoms with Crippen LogP contribution < -0.4 is 9.47 Å². The van der Waals surface area contributed by atoms with E-state index in [1.165, 1.54) is 6.07 Å². The molecule has 4 rings (SSSR count). The Balaban J connectivity index is 1.41. The number of aliphatic imine (C=N–C) groups is 1. The Bertz CT molecular complexity index is 1340. The molecule has 0 amide bonds. The second-order valence-electron chi connectivity index (χ2n) is 7.00. The Hall–Kier alpha value is -5.05. The highest BCUT2D eigenvalue weighted by Gasteiger charge is 2.21. The number of benzene rings is 4. The van der Waals surface area contributed by atoms with Gasteiger partial charge in [-0.3, -0.25) is 25.2 Å². The Morgan fingerprint density at radius 2 is 1.29 bits per heavy atom. The summed E-state index contributed by atoms with van der Waals surface area (Å²) in [6.45, 7) is 0. The van der Waals surface area contributed by atoms with Crippen molar-refractivity contribution in [1.82, 2.24) is 0 Å². The standard InChI is InChI=1S/C25H17N3O6/c29-27(30)20-10-15-25(24(16-20)28(31)32)34-23-11-6-18(7-12-23)17-26-19-8-13-22(14-9-19)33-21-4-2-1-3-5-21/h1-17H. The quantitative estimate of drug-likeness (QED) is 0.163. The maximum absolute atomic E-state index is 11.3. The van der Waals surface area contributed by atoms with Crippen LogP contribution in [0.15, 0.2) is 102 Å². The largest absolute Gasteiger partial charge is 0.457 e. The Morgan fingerprint density at radius 3 is 1.94 bits per heavy atom.